The molecule has 3 aromatic rings. The van der Waals surface area contributed by atoms with Crippen molar-refractivity contribution in [3.8, 4) is 11.3 Å². The molecule has 7 nitrogen and oxygen atoms in total. The molecule has 0 bridgehead atoms. The Labute approximate surface area is 163 Å². The van der Waals surface area contributed by atoms with Gasteiger partial charge in [-0.3, -0.25) is 9.78 Å². The van der Waals surface area contributed by atoms with Crippen LogP contribution in [0.3, 0.4) is 0 Å². The standard InChI is InChI=1S/C19H16F3N5O2/c20-19(21,22)13-3-5-17(24-9-13)25-15-10-29-11-16(15)27-18(28)6-4-14(26-27)12-2-1-7-23-8-12/h1-9,15-16H,10-11H2,(H,24,25). The molecule has 0 aliphatic carbocycles. The van der Waals surface area contributed by atoms with Crippen molar-refractivity contribution in [1.29, 1.82) is 0 Å². The van der Waals surface area contributed by atoms with Crippen LogP contribution >= 0.6 is 0 Å². The van der Waals surface area contributed by atoms with Gasteiger partial charge < -0.3 is 10.1 Å². The Kier molecular flexibility index (Phi) is 5.01. The number of rotatable bonds is 4. The Balaban J connectivity index is 1.58. The molecule has 1 saturated heterocycles. The number of nitrogens with zero attached hydrogens (tertiary/aromatic N) is 4. The first-order valence-corrected chi connectivity index (χ1v) is 8.79. The van der Waals surface area contributed by atoms with Crippen LogP contribution in [-0.2, 0) is 10.9 Å². The summed E-state index contributed by atoms with van der Waals surface area (Å²) in [4.78, 5) is 20.3. The smallest absolute Gasteiger partial charge is 0.377 e. The van der Waals surface area contributed by atoms with Gasteiger partial charge in [-0.2, -0.15) is 18.3 Å². The first-order chi connectivity index (χ1) is 13.9. The molecule has 0 saturated carbocycles. The van der Waals surface area contributed by atoms with Gasteiger partial charge in [0.2, 0.25) is 0 Å². The fourth-order valence-electron chi connectivity index (χ4n) is 3.09. The molecular weight excluding hydrogens is 387 g/mol. The average molecular weight is 403 g/mol. The lowest BCUT2D eigenvalue weighted by Gasteiger charge is -2.21. The number of pyridine rings is 2. The third-order valence-corrected chi connectivity index (χ3v) is 4.57. The third-order valence-electron chi connectivity index (χ3n) is 4.57. The Morgan fingerprint density at radius 1 is 1.10 bits per heavy atom. The summed E-state index contributed by atoms with van der Waals surface area (Å²) < 4.78 is 44.9. The van der Waals surface area contributed by atoms with E-state index >= 15 is 0 Å². The van der Waals surface area contributed by atoms with E-state index in [4.69, 9.17) is 4.74 Å². The number of halogens is 3. The van der Waals surface area contributed by atoms with E-state index in [1.54, 1.807) is 24.5 Å². The van der Waals surface area contributed by atoms with Crippen molar-refractivity contribution < 1.29 is 17.9 Å². The van der Waals surface area contributed by atoms with Gasteiger partial charge in [0.25, 0.3) is 5.56 Å². The fourth-order valence-corrected chi connectivity index (χ4v) is 3.09. The van der Waals surface area contributed by atoms with Crippen LogP contribution < -0.4 is 10.9 Å². The second-order valence-electron chi connectivity index (χ2n) is 6.53. The average Bonchev–Trinajstić information content (AvgIpc) is 3.16. The zero-order valence-electron chi connectivity index (χ0n) is 15.0. The Hall–Kier alpha value is -3.27. The summed E-state index contributed by atoms with van der Waals surface area (Å²) in [6, 6.07) is 8.01. The van der Waals surface area contributed by atoms with Crippen molar-refractivity contribution in [2.45, 2.75) is 18.3 Å². The molecule has 0 aromatic carbocycles. The lowest BCUT2D eigenvalue weighted by molar-refractivity contribution is -0.137. The molecule has 0 radical (unpaired) electrons. The summed E-state index contributed by atoms with van der Waals surface area (Å²) in [6.07, 6.45) is -0.402. The van der Waals surface area contributed by atoms with E-state index in [1.807, 2.05) is 6.07 Å². The van der Waals surface area contributed by atoms with E-state index in [2.05, 4.69) is 20.4 Å². The van der Waals surface area contributed by atoms with Crippen molar-refractivity contribution in [3.05, 3.63) is 70.9 Å². The first kappa shape index (κ1) is 19.1. The Morgan fingerprint density at radius 3 is 2.66 bits per heavy atom. The van der Waals surface area contributed by atoms with Gasteiger partial charge in [-0.05, 0) is 30.3 Å². The maximum atomic E-state index is 12.7. The Bertz CT molecular complexity index is 1040. The van der Waals surface area contributed by atoms with Crippen molar-refractivity contribution in [2.24, 2.45) is 0 Å². The highest BCUT2D eigenvalue weighted by molar-refractivity contribution is 5.56. The third kappa shape index (κ3) is 4.11. The van der Waals surface area contributed by atoms with Gasteiger partial charge in [0.15, 0.2) is 0 Å². The van der Waals surface area contributed by atoms with Crippen LogP contribution in [0.25, 0.3) is 11.3 Å². The summed E-state index contributed by atoms with van der Waals surface area (Å²) in [5.74, 6) is 0.259. The number of hydrogen-bond acceptors (Lipinski definition) is 6. The molecular formula is C19H16F3N5O2. The SMILES string of the molecule is O=c1ccc(-c2cccnc2)nn1C1COCC1Nc1ccc(C(F)(F)F)cn1. The van der Waals surface area contributed by atoms with Crippen molar-refractivity contribution in [2.75, 3.05) is 18.5 Å². The molecule has 2 atom stereocenters. The molecule has 0 amide bonds. The summed E-state index contributed by atoms with van der Waals surface area (Å²) in [7, 11) is 0. The number of aromatic nitrogens is 4. The van der Waals surface area contributed by atoms with Crippen LogP contribution in [-0.4, -0.2) is 39.0 Å². The van der Waals surface area contributed by atoms with Gasteiger partial charge in [-0.25, -0.2) is 9.67 Å². The van der Waals surface area contributed by atoms with Gasteiger partial charge in [0.1, 0.15) is 11.9 Å². The molecule has 2 unspecified atom stereocenters. The van der Waals surface area contributed by atoms with Crippen LogP contribution in [0.4, 0.5) is 19.0 Å². The number of hydrogen-bond donors (Lipinski definition) is 1. The molecule has 4 heterocycles. The van der Waals surface area contributed by atoms with Crippen LogP contribution in [0, 0.1) is 0 Å². The predicted octanol–water partition coefficient (Wildman–Crippen LogP) is 2.77. The minimum Gasteiger partial charge on any atom is -0.377 e. The van der Waals surface area contributed by atoms with E-state index in [-0.39, 0.29) is 30.6 Å². The van der Waals surface area contributed by atoms with Gasteiger partial charge in [-0.15, -0.1) is 0 Å². The summed E-state index contributed by atoms with van der Waals surface area (Å²) in [6.45, 7) is 0.500. The predicted molar refractivity (Wildman–Crippen MR) is 98.2 cm³/mol. The van der Waals surface area contributed by atoms with Crippen molar-refractivity contribution >= 4 is 5.82 Å². The summed E-state index contributed by atoms with van der Waals surface area (Å²) in [5, 5.41) is 7.48. The van der Waals surface area contributed by atoms with Gasteiger partial charge in [0, 0.05) is 30.2 Å². The largest absolute Gasteiger partial charge is 0.417 e. The fraction of sp³-hybridized carbons (Fsp3) is 0.263. The first-order valence-electron chi connectivity index (χ1n) is 8.79. The van der Waals surface area contributed by atoms with E-state index < -0.39 is 17.8 Å². The molecule has 3 aromatic heterocycles. The Morgan fingerprint density at radius 2 is 1.97 bits per heavy atom. The highest BCUT2D eigenvalue weighted by Gasteiger charge is 2.33. The number of anilines is 1. The van der Waals surface area contributed by atoms with Gasteiger partial charge in [0.05, 0.1) is 30.5 Å². The highest BCUT2D eigenvalue weighted by atomic mass is 19.4. The molecule has 1 aliphatic heterocycles. The lowest BCUT2D eigenvalue weighted by Crippen LogP contribution is -2.37. The second-order valence-corrected chi connectivity index (χ2v) is 6.53. The van der Waals surface area contributed by atoms with Crippen LogP contribution in [0.1, 0.15) is 11.6 Å². The molecule has 1 N–H and O–H groups in total. The molecule has 10 heteroatoms. The molecule has 4 rings (SSSR count). The normalized spacial score (nSPS) is 19.3. The zero-order valence-corrected chi connectivity index (χ0v) is 15.0. The highest BCUT2D eigenvalue weighted by Crippen LogP contribution is 2.29. The molecule has 0 spiro atoms. The minimum atomic E-state index is -4.45. The maximum Gasteiger partial charge on any atom is 0.417 e. The lowest BCUT2D eigenvalue weighted by atomic mass is 10.1. The van der Waals surface area contributed by atoms with Crippen LogP contribution in [0.15, 0.2) is 59.8 Å². The van der Waals surface area contributed by atoms with E-state index in [0.717, 1.165) is 17.8 Å². The van der Waals surface area contributed by atoms with Gasteiger partial charge in [-0.1, -0.05) is 0 Å². The van der Waals surface area contributed by atoms with E-state index in [9.17, 15) is 18.0 Å². The quantitative estimate of drug-likeness (QED) is 0.722. The second kappa shape index (κ2) is 7.63. The van der Waals surface area contributed by atoms with Crippen molar-refractivity contribution in [3.63, 3.8) is 0 Å². The zero-order chi connectivity index (χ0) is 20.4. The monoisotopic (exact) mass is 403 g/mol. The van der Waals surface area contributed by atoms with Crippen molar-refractivity contribution in [1.82, 2.24) is 19.7 Å². The molecule has 29 heavy (non-hydrogen) atoms. The molecule has 1 fully saturated rings. The summed E-state index contributed by atoms with van der Waals surface area (Å²) >= 11 is 0. The summed E-state index contributed by atoms with van der Waals surface area (Å²) in [5.41, 5.74) is 0.203. The molecule has 1 aliphatic rings. The number of alkyl halides is 3. The van der Waals surface area contributed by atoms with E-state index in [1.165, 1.54) is 16.8 Å². The van der Waals surface area contributed by atoms with Gasteiger partial charge >= 0.3 is 6.18 Å². The van der Waals surface area contributed by atoms with Crippen LogP contribution in [0.5, 0.6) is 0 Å². The minimum absolute atomic E-state index is 0.238. The van der Waals surface area contributed by atoms with E-state index in [0.29, 0.717) is 5.69 Å². The number of nitrogens with one attached hydrogen (secondary N) is 1. The maximum absolute atomic E-state index is 12.7. The number of ether oxygens (including phenoxy) is 1. The molecule has 150 valence electrons. The van der Waals surface area contributed by atoms with Crippen LogP contribution in [0.2, 0.25) is 0 Å². The topological polar surface area (TPSA) is 81.9 Å².